The first-order valence-electron chi connectivity index (χ1n) is 12.6. The smallest absolute Gasteiger partial charge is 0.323 e. The minimum absolute atomic E-state index is 0.0595. The largest absolute Gasteiger partial charge is 0.480 e. The predicted molar refractivity (Wildman–Crippen MR) is 138 cm³/mol. The van der Waals surface area contributed by atoms with E-state index in [0.29, 0.717) is 11.9 Å². The fourth-order valence-corrected chi connectivity index (χ4v) is 6.02. The molecule has 2 bridgehead atoms. The van der Waals surface area contributed by atoms with E-state index in [-0.39, 0.29) is 24.5 Å². The van der Waals surface area contributed by atoms with Crippen LogP contribution in [0.2, 0.25) is 0 Å². The summed E-state index contributed by atoms with van der Waals surface area (Å²) in [5, 5.41) is 9.03. The number of imidazole rings is 1. The molecule has 1 fully saturated rings. The Morgan fingerprint density at radius 3 is 2.62 bits per heavy atom. The van der Waals surface area contributed by atoms with E-state index >= 15 is 0 Å². The number of carbonyl (C=O) groups excluding carboxylic acids is 1. The van der Waals surface area contributed by atoms with Crippen molar-refractivity contribution in [3.63, 3.8) is 0 Å². The van der Waals surface area contributed by atoms with Crippen LogP contribution in [0, 0.1) is 0 Å². The van der Waals surface area contributed by atoms with Gasteiger partial charge in [-0.25, -0.2) is 15.0 Å². The highest BCUT2D eigenvalue weighted by atomic mass is 16.4. The lowest BCUT2D eigenvalue weighted by molar-refractivity contribution is -0.135. The number of aliphatic carboxylic acids is 1. The Morgan fingerprint density at radius 2 is 1.89 bits per heavy atom. The Balaban J connectivity index is 1.34. The SMILES string of the molecule is CN(CC(=O)O)c1ncc(-c2ccc3nc4n(c3c2)[C@@H]2C[C@H]4N(C)C(=O)c3cccc(C4CC4)c32)cn1. The van der Waals surface area contributed by atoms with Gasteiger partial charge in [-0.2, -0.15) is 0 Å². The molecule has 1 N–H and O–H groups in total. The normalized spacial score (nSPS) is 20.1. The number of carbonyl (C=O) groups is 2. The number of hydrogen-bond donors (Lipinski definition) is 1. The van der Waals surface area contributed by atoms with Gasteiger partial charge in [-0.1, -0.05) is 18.2 Å². The van der Waals surface area contributed by atoms with Crippen molar-refractivity contribution in [1.82, 2.24) is 24.4 Å². The first-order chi connectivity index (χ1) is 17.9. The van der Waals surface area contributed by atoms with E-state index in [2.05, 4.69) is 26.7 Å². The standard InChI is InChI=1S/C28H26N6O3/c1-32(14-24(35)36)28-29-12-17(13-30-28)16-8-9-20-21(10-16)34-22-11-23(26(34)31-20)33(2)27(37)19-5-3-4-18(25(19)22)15-6-7-15/h3-5,8-10,12-13,15,22-23H,6-7,11,14H2,1-2H3,(H,35,36)/t22-,23-/m1/s1. The Morgan fingerprint density at radius 1 is 1.11 bits per heavy atom. The van der Waals surface area contributed by atoms with Crippen molar-refractivity contribution in [3.8, 4) is 11.1 Å². The molecule has 2 aliphatic heterocycles. The summed E-state index contributed by atoms with van der Waals surface area (Å²) in [5.74, 6) is 0.976. The van der Waals surface area contributed by atoms with E-state index in [1.54, 1.807) is 19.4 Å². The molecule has 2 atom stereocenters. The number of aromatic nitrogens is 4. The highest BCUT2D eigenvalue weighted by Crippen LogP contribution is 2.52. The number of benzene rings is 2. The zero-order valence-corrected chi connectivity index (χ0v) is 20.6. The first-order valence-corrected chi connectivity index (χ1v) is 12.6. The highest BCUT2D eigenvalue weighted by molar-refractivity contribution is 5.97. The maximum Gasteiger partial charge on any atom is 0.323 e. The lowest BCUT2D eigenvalue weighted by Crippen LogP contribution is -2.30. The molecular weight excluding hydrogens is 468 g/mol. The minimum Gasteiger partial charge on any atom is -0.480 e. The van der Waals surface area contributed by atoms with Crippen LogP contribution in [0.1, 0.15) is 64.6 Å². The quantitative estimate of drug-likeness (QED) is 0.447. The van der Waals surface area contributed by atoms with Gasteiger partial charge < -0.3 is 19.5 Å². The van der Waals surface area contributed by atoms with Crippen LogP contribution in [-0.4, -0.2) is 62.0 Å². The summed E-state index contributed by atoms with van der Waals surface area (Å²) in [7, 11) is 3.55. The van der Waals surface area contributed by atoms with Crippen LogP contribution in [0.25, 0.3) is 22.2 Å². The first kappa shape index (κ1) is 22.0. The molecule has 4 heterocycles. The number of fused-ring (bicyclic) bond motifs is 9. The molecule has 0 unspecified atom stereocenters. The maximum absolute atomic E-state index is 13.5. The van der Waals surface area contributed by atoms with Crippen LogP contribution in [0.5, 0.6) is 0 Å². The summed E-state index contributed by atoms with van der Waals surface area (Å²) >= 11 is 0. The third-order valence-corrected chi connectivity index (χ3v) is 7.97. The number of likely N-dealkylation sites (N-methyl/N-ethyl adjacent to an activating group) is 1. The zero-order valence-electron chi connectivity index (χ0n) is 20.6. The molecule has 3 aliphatic rings. The molecule has 9 nitrogen and oxygen atoms in total. The van der Waals surface area contributed by atoms with Gasteiger partial charge in [0.15, 0.2) is 0 Å². The van der Waals surface area contributed by atoms with Gasteiger partial charge in [-0.15, -0.1) is 0 Å². The third-order valence-electron chi connectivity index (χ3n) is 7.97. The van der Waals surface area contributed by atoms with Gasteiger partial charge >= 0.3 is 5.97 Å². The van der Waals surface area contributed by atoms with Crippen molar-refractivity contribution < 1.29 is 14.7 Å². The Kier molecular flexibility index (Phi) is 4.67. The molecule has 2 aromatic carbocycles. The summed E-state index contributed by atoms with van der Waals surface area (Å²) < 4.78 is 2.34. The summed E-state index contributed by atoms with van der Waals surface area (Å²) in [6.45, 7) is -0.170. The topological polar surface area (TPSA) is 104 Å². The zero-order chi connectivity index (χ0) is 25.4. The minimum atomic E-state index is -0.935. The van der Waals surface area contributed by atoms with Crippen molar-refractivity contribution >= 4 is 28.9 Å². The molecule has 9 heteroatoms. The van der Waals surface area contributed by atoms with Gasteiger partial charge in [-0.3, -0.25) is 9.59 Å². The van der Waals surface area contributed by atoms with Crippen molar-refractivity contribution in [2.24, 2.45) is 0 Å². The number of nitrogens with zero attached hydrogens (tertiary/aromatic N) is 6. The molecule has 1 aliphatic carbocycles. The molecule has 0 saturated heterocycles. The molecule has 1 saturated carbocycles. The summed E-state index contributed by atoms with van der Waals surface area (Å²) in [5.41, 5.74) is 7.04. The summed E-state index contributed by atoms with van der Waals surface area (Å²) in [6, 6.07) is 12.3. The van der Waals surface area contributed by atoms with E-state index in [9.17, 15) is 9.59 Å². The highest BCUT2D eigenvalue weighted by Gasteiger charge is 2.45. The summed E-state index contributed by atoms with van der Waals surface area (Å²) in [6.07, 6.45) is 6.63. The molecule has 37 heavy (non-hydrogen) atoms. The van der Waals surface area contributed by atoms with E-state index in [4.69, 9.17) is 10.1 Å². The van der Waals surface area contributed by atoms with Gasteiger partial charge in [0, 0.05) is 44.0 Å². The van der Waals surface area contributed by atoms with Crippen LogP contribution in [0.4, 0.5) is 5.95 Å². The molecular formula is C28H26N6O3. The van der Waals surface area contributed by atoms with E-state index in [1.165, 1.54) is 28.9 Å². The number of rotatable bonds is 5. The van der Waals surface area contributed by atoms with Gasteiger partial charge in [0.05, 0.1) is 23.1 Å². The van der Waals surface area contributed by atoms with Crippen LogP contribution >= 0.6 is 0 Å². The van der Waals surface area contributed by atoms with E-state index in [0.717, 1.165) is 40.0 Å². The van der Waals surface area contributed by atoms with Crippen LogP contribution < -0.4 is 4.90 Å². The lowest BCUT2D eigenvalue weighted by Gasteiger charge is -2.25. The van der Waals surface area contributed by atoms with Gasteiger partial charge in [-0.05, 0) is 53.6 Å². The summed E-state index contributed by atoms with van der Waals surface area (Å²) in [4.78, 5) is 41.6. The van der Waals surface area contributed by atoms with E-state index < -0.39 is 5.97 Å². The van der Waals surface area contributed by atoms with Gasteiger partial charge in [0.1, 0.15) is 12.4 Å². The molecule has 0 radical (unpaired) electrons. The van der Waals surface area contributed by atoms with Crippen LogP contribution in [0.3, 0.4) is 0 Å². The second kappa shape index (κ2) is 7.86. The second-order valence-electron chi connectivity index (χ2n) is 10.3. The predicted octanol–water partition coefficient (Wildman–Crippen LogP) is 4.01. The maximum atomic E-state index is 13.5. The number of amides is 1. The molecule has 7 rings (SSSR count). The van der Waals surface area contributed by atoms with E-state index in [1.807, 2.05) is 36.2 Å². The number of anilines is 1. The van der Waals surface area contributed by atoms with Crippen LogP contribution in [-0.2, 0) is 4.79 Å². The Hall–Kier alpha value is -4.27. The fraction of sp³-hybridized carbons (Fsp3) is 0.321. The van der Waals surface area contributed by atoms with Crippen molar-refractivity contribution in [2.45, 2.75) is 37.3 Å². The Labute approximate surface area is 213 Å². The average Bonchev–Trinajstić information content (AvgIpc) is 3.60. The van der Waals surface area contributed by atoms with Gasteiger partial charge in [0.2, 0.25) is 5.95 Å². The molecule has 1 amide bonds. The lowest BCUT2D eigenvalue weighted by atomic mass is 9.91. The molecule has 0 spiro atoms. The fourth-order valence-electron chi connectivity index (χ4n) is 6.02. The third kappa shape index (κ3) is 3.33. The molecule has 2 aromatic heterocycles. The van der Waals surface area contributed by atoms with Gasteiger partial charge in [0.25, 0.3) is 5.91 Å². The number of carboxylic acid groups (broad SMARTS) is 1. The van der Waals surface area contributed by atoms with Crippen molar-refractivity contribution in [3.05, 3.63) is 71.3 Å². The van der Waals surface area contributed by atoms with Crippen LogP contribution in [0.15, 0.2) is 48.8 Å². The number of hydrogen-bond acceptors (Lipinski definition) is 6. The molecule has 4 aromatic rings. The second-order valence-corrected chi connectivity index (χ2v) is 10.3. The van der Waals surface area contributed by atoms with Crippen molar-refractivity contribution in [2.75, 3.05) is 25.5 Å². The molecule has 186 valence electrons. The Bertz CT molecular complexity index is 1590. The number of carboxylic acids is 1. The average molecular weight is 495 g/mol. The van der Waals surface area contributed by atoms with Crippen molar-refractivity contribution in [1.29, 1.82) is 0 Å². The monoisotopic (exact) mass is 494 g/mol.